The fourth-order valence-corrected chi connectivity index (χ4v) is 3.00. The fraction of sp³-hybridized carbons (Fsp3) is 1.00. The molecule has 0 aliphatic heterocycles. The molecule has 0 aromatic heterocycles. The van der Waals surface area contributed by atoms with Crippen molar-refractivity contribution in [2.75, 3.05) is 20.5 Å². The van der Waals surface area contributed by atoms with Gasteiger partial charge in [0.25, 0.3) is 0 Å². The topological polar surface area (TPSA) is 18.5 Å². The molecule has 0 spiro atoms. The van der Waals surface area contributed by atoms with Gasteiger partial charge in [-0.3, -0.25) is 0 Å². The number of ether oxygens (including phenoxy) is 2. The molecule has 0 N–H and O–H groups in total. The van der Waals surface area contributed by atoms with Crippen LogP contribution in [0.4, 0.5) is 0 Å². The normalized spacial score (nSPS) is 17.1. The predicted octanol–water partition coefficient (Wildman–Crippen LogP) is 4.26. The Morgan fingerprint density at radius 2 is 1.75 bits per heavy atom. The van der Waals surface area contributed by atoms with Gasteiger partial charge in [0.15, 0.2) is 0 Å². The van der Waals surface area contributed by atoms with E-state index in [2.05, 4.69) is 43.4 Å². The van der Waals surface area contributed by atoms with Gasteiger partial charge in [0.1, 0.15) is 6.79 Å². The molecule has 0 amide bonds. The summed E-state index contributed by atoms with van der Waals surface area (Å²) in [5.74, 6) is 1.66. The minimum atomic E-state index is 0.428. The van der Waals surface area contributed by atoms with E-state index < -0.39 is 0 Å². The number of hydrogen-bond acceptors (Lipinski definition) is 2. The molecule has 0 saturated carbocycles. The second-order valence-corrected chi connectivity index (χ2v) is 7.05. The maximum Gasteiger partial charge on any atom is 0.146 e. The van der Waals surface area contributed by atoms with Crippen molar-refractivity contribution in [2.45, 2.75) is 50.4 Å². The molecule has 0 rings (SSSR count). The van der Waals surface area contributed by atoms with Crippen molar-refractivity contribution in [1.82, 2.24) is 0 Å². The molecule has 0 aromatic rings. The predicted molar refractivity (Wildman–Crippen MR) is 78.1 cm³/mol. The van der Waals surface area contributed by atoms with Crippen LogP contribution in [0.5, 0.6) is 0 Å². The van der Waals surface area contributed by atoms with Crippen LogP contribution in [-0.4, -0.2) is 24.4 Å². The Labute approximate surface area is 115 Å². The van der Waals surface area contributed by atoms with Crippen LogP contribution in [0.2, 0.25) is 0 Å². The van der Waals surface area contributed by atoms with Gasteiger partial charge in [0.05, 0.1) is 0 Å². The van der Waals surface area contributed by atoms with E-state index in [1.54, 1.807) is 7.11 Å². The average molecular weight is 342 g/mol. The van der Waals surface area contributed by atoms with Crippen molar-refractivity contribution < 1.29 is 9.47 Å². The smallest absolute Gasteiger partial charge is 0.146 e. The van der Waals surface area contributed by atoms with Crippen LogP contribution in [0.15, 0.2) is 0 Å². The standard InChI is InChI=1S/C13H27IO2/c1-11(6-5-7-16-10-15-4)8-12(2)9-13(3)14/h11-13H,5-10H2,1-4H3. The highest BCUT2D eigenvalue weighted by molar-refractivity contribution is 14.1. The van der Waals surface area contributed by atoms with Crippen LogP contribution in [0.3, 0.4) is 0 Å². The highest BCUT2D eigenvalue weighted by Gasteiger charge is 2.10. The number of methoxy groups -OCH3 is 1. The summed E-state index contributed by atoms with van der Waals surface area (Å²) in [6.45, 7) is 8.27. The summed E-state index contributed by atoms with van der Waals surface area (Å²) in [5.41, 5.74) is 0. The maximum absolute atomic E-state index is 5.28. The van der Waals surface area contributed by atoms with Crippen LogP contribution in [0, 0.1) is 11.8 Å². The lowest BCUT2D eigenvalue weighted by Gasteiger charge is -2.18. The van der Waals surface area contributed by atoms with Gasteiger partial charge in [-0.1, -0.05) is 43.4 Å². The third kappa shape index (κ3) is 11.1. The van der Waals surface area contributed by atoms with E-state index in [1.807, 2.05) is 0 Å². The quantitative estimate of drug-likeness (QED) is 0.256. The molecule has 2 nitrogen and oxygen atoms in total. The van der Waals surface area contributed by atoms with Crippen molar-refractivity contribution in [1.29, 1.82) is 0 Å². The van der Waals surface area contributed by atoms with E-state index in [0.717, 1.165) is 28.8 Å². The van der Waals surface area contributed by atoms with Crippen molar-refractivity contribution in [3.63, 3.8) is 0 Å². The number of rotatable bonds is 10. The second kappa shape index (κ2) is 10.8. The van der Waals surface area contributed by atoms with Crippen LogP contribution >= 0.6 is 22.6 Å². The fourth-order valence-electron chi connectivity index (χ4n) is 2.13. The lowest BCUT2D eigenvalue weighted by molar-refractivity contribution is -0.0323. The summed E-state index contributed by atoms with van der Waals surface area (Å²) in [7, 11) is 1.66. The van der Waals surface area contributed by atoms with Gasteiger partial charge in [-0.25, -0.2) is 0 Å². The van der Waals surface area contributed by atoms with Crippen molar-refractivity contribution in [2.24, 2.45) is 11.8 Å². The van der Waals surface area contributed by atoms with Gasteiger partial charge in [-0.15, -0.1) is 0 Å². The Morgan fingerprint density at radius 3 is 2.31 bits per heavy atom. The number of halogens is 1. The Morgan fingerprint density at radius 1 is 1.06 bits per heavy atom. The lowest BCUT2D eigenvalue weighted by Crippen LogP contribution is -2.08. The average Bonchev–Trinajstić information content (AvgIpc) is 2.15. The van der Waals surface area contributed by atoms with E-state index >= 15 is 0 Å². The zero-order valence-electron chi connectivity index (χ0n) is 11.2. The SMILES string of the molecule is COCOCCCC(C)CC(C)CC(C)I. The van der Waals surface area contributed by atoms with E-state index in [1.165, 1.54) is 19.3 Å². The second-order valence-electron chi connectivity index (χ2n) is 4.92. The highest BCUT2D eigenvalue weighted by atomic mass is 127. The molecule has 98 valence electrons. The lowest BCUT2D eigenvalue weighted by atomic mass is 9.91. The molecule has 0 bridgehead atoms. The molecule has 0 aromatic carbocycles. The molecular weight excluding hydrogens is 315 g/mol. The molecular formula is C13H27IO2. The molecule has 0 aliphatic carbocycles. The van der Waals surface area contributed by atoms with Gasteiger partial charge in [0, 0.05) is 17.6 Å². The van der Waals surface area contributed by atoms with Crippen molar-refractivity contribution in [3.05, 3.63) is 0 Å². The molecule has 0 radical (unpaired) electrons. The van der Waals surface area contributed by atoms with E-state index in [-0.39, 0.29) is 0 Å². The summed E-state index contributed by atoms with van der Waals surface area (Å²) in [6, 6.07) is 0. The highest BCUT2D eigenvalue weighted by Crippen LogP contribution is 2.22. The first-order chi connectivity index (χ1) is 7.56. The third-order valence-electron chi connectivity index (χ3n) is 2.72. The zero-order chi connectivity index (χ0) is 12.4. The zero-order valence-corrected chi connectivity index (χ0v) is 13.3. The van der Waals surface area contributed by atoms with Crippen LogP contribution in [0.25, 0.3) is 0 Å². The minimum absolute atomic E-state index is 0.428. The van der Waals surface area contributed by atoms with Gasteiger partial charge in [0.2, 0.25) is 0 Å². The molecule has 3 atom stereocenters. The van der Waals surface area contributed by atoms with Crippen LogP contribution < -0.4 is 0 Å². The molecule has 3 heteroatoms. The Hall–Kier alpha value is 0.650. The van der Waals surface area contributed by atoms with Crippen LogP contribution in [-0.2, 0) is 9.47 Å². The summed E-state index contributed by atoms with van der Waals surface area (Å²) in [4.78, 5) is 0. The monoisotopic (exact) mass is 342 g/mol. The third-order valence-corrected chi connectivity index (χ3v) is 3.23. The molecule has 0 aliphatic rings. The first kappa shape index (κ1) is 16.6. The van der Waals surface area contributed by atoms with Crippen molar-refractivity contribution >= 4 is 22.6 Å². The van der Waals surface area contributed by atoms with E-state index in [4.69, 9.17) is 9.47 Å². The number of alkyl halides is 1. The Kier molecular flexibility index (Phi) is 11.2. The Balaban J connectivity index is 3.39. The molecule has 0 fully saturated rings. The summed E-state index contributed by atoms with van der Waals surface area (Å²) >= 11 is 2.51. The van der Waals surface area contributed by atoms with E-state index in [9.17, 15) is 0 Å². The van der Waals surface area contributed by atoms with Gasteiger partial charge >= 0.3 is 0 Å². The molecule has 16 heavy (non-hydrogen) atoms. The summed E-state index contributed by atoms with van der Waals surface area (Å²) in [6.07, 6.45) is 5.10. The van der Waals surface area contributed by atoms with E-state index in [0.29, 0.717) is 6.79 Å². The first-order valence-electron chi connectivity index (χ1n) is 6.27. The summed E-state index contributed by atoms with van der Waals surface area (Å²) < 4.78 is 10.9. The summed E-state index contributed by atoms with van der Waals surface area (Å²) in [5, 5.41) is 0. The van der Waals surface area contributed by atoms with Gasteiger partial charge in [-0.2, -0.15) is 0 Å². The largest absolute Gasteiger partial charge is 0.359 e. The molecule has 0 saturated heterocycles. The molecule has 3 unspecified atom stereocenters. The number of hydrogen-bond donors (Lipinski definition) is 0. The van der Waals surface area contributed by atoms with Gasteiger partial charge < -0.3 is 9.47 Å². The molecule has 0 heterocycles. The Bertz CT molecular complexity index is 151. The first-order valence-corrected chi connectivity index (χ1v) is 7.51. The minimum Gasteiger partial charge on any atom is -0.359 e. The van der Waals surface area contributed by atoms with Crippen molar-refractivity contribution in [3.8, 4) is 0 Å². The van der Waals surface area contributed by atoms with Gasteiger partial charge in [-0.05, 0) is 37.5 Å². The maximum atomic E-state index is 5.28. The van der Waals surface area contributed by atoms with Crippen LogP contribution in [0.1, 0.15) is 46.5 Å².